The first-order valence-electron chi connectivity index (χ1n) is 9.36. The quantitative estimate of drug-likeness (QED) is 0.293. The van der Waals surface area contributed by atoms with Crippen LogP contribution in [-0.4, -0.2) is 27.8 Å². The summed E-state index contributed by atoms with van der Waals surface area (Å²) in [5.74, 6) is -1.18. The molecule has 31 heavy (non-hydrogen) atoms. The Bertz CT molecular complexity index is 976. The summed E-state index contributed by atoms with van der Waals surface area (Å²) in [4.78, 5) is 46.1. The highest BCUT2D eigenvalue weighted by molar-refractivity contribution is 7.80. The van der Waals surface area contributed by atoms with Gasteiger partial charge < -0.3 is 5.32 Å². The zero-order chi connectivity index (χ0) is 22.8. The highest BCUT2D eigenvalue weighted by Crippen LogP contribution is 2.12. The van der Waals surface area contributed by atoms with Gasteiger partial charge in [0.2, 0.25) is 5.91 Å². The fourth-order valence-electron chi connectivity index (χ4n) is 2.39. The van der Waals surface area contributed by atoms with Gasteiger partial charge in [-0.15, -0.1) is 0 Å². The molecule has 3 amide bonds. The number of anilines is 1. The van der Waals surface area contributed by atoms with E-state index < -0.39 is 16.7 Å². The molecule has 0 radical (unpaired) electrons. The zero-order valence-electron chi connectivity index (χ0n) is 16.6. The number of carbonyl (C=O) groups is 3. The van der Waals surface area contributed by atoms with E-state index in [1.165, 1.54) is 36.4 Å². The van der Waals surface area contributed by atoms with Gasteiger partial charge in [0.05, 0.1) is 4.92 Å². The molecular weight excluding hydrogens is 422 g/mol. The number of non-ortho nitro benzene ring substituents is 1. The van der Waals surface area contributed by atoms with Crippen molar-refractivity contribution in [2.24, 2.45) is 0 Å². The lowest BCUT2D eigenvalue weighted by Gasteiger charge is -2.11. The number of unbranched alkanes of at least 4 members (excludes halogenated alkanes) is 1. The highest BCUT2D eigenvalue weighted by Gasteiger charge is 2.12. The van der Waals surface area contributed by atoms with E-state index in [-0.39, 0.29) is 22.3 Å². The highest BCUT2D eigenvalue weighted by atomic mass is 32.1. The van der Waals surface area contributed by atoms with Gasteiger partial charge in [0.1, 0.15) is 0 Å². The van der Waals surface area contributed by atoms with Crippen LogP contribution in [0.4, 0.5) is 11.4 Å². The minimum atomic E-state index is -0.593. The first kappa shape index (κ1) is 23.4. The number of rotatable bonds is 7. The van der Waals surface area contributed by atoms with Crippen LogP contribution in [0.25, 0.3) is 0 Å². The van der Waals surface area contributed by atoms with E-state index in [0.29, 0.717) is 17.7 Å². The number of hydrogen-bond donors (Lipinski definition) is 4. The van der Waals surface area contributed by atoms with E-state index in [9.17, 15) is 24.5 Å². The van der Waals surface area contributed by atoms with Crippen LogP contribution in [0.15, 0.2) is 48.5 Å². The molecule has 0 bridgehead atoms. The van der Waals surface area contributed by atoms with Gasteiger partial charge >= 0.3 is 0 Å². The molecule has 0 unspecified atom stereocenters. The van der Waals surface area contributed by atoms with Crippen molar-refractivity contribution in [2.75, 3.05) is 5.32 Å². The Labute approximate surface area is 183 Å². The molecule has 0 aromatic heterocycles. The van der Waals surface area contributed by atoms with Gasteiger partial charge in [0.15, 0.2) is 5.11 Å². The lowest BCUT2D eigenvalue weighted by atomic mass is 10.2. The fourth-order valence-corrected chi connectivity index (χ4v) is 2.54. The van der Waals surface area contributed by atoms with E-state index in [2.05, 4.69) is 21.5 Å². The van der Waals surface area contributed by atoms with E-state index in [1.54, 1.807) is 12.1 Å². The molecule has 0 fully saturated rings. The van der Waals surface area contributed by atoms with Gasteiger partial charge in [-0.25, -0.2) is 0 Å². The van der Waals surface area contributed by atoms with Crippen LogP contribution < -0.4 is 21.5 Å². The Morgan fingerprint density at radius 2 is 1.52 bits per heavy atom. The van der Waals surface area contributed by atoms with Crippen LogP contribution in [-0.2, 0) is 4.79 Å². The van der Waals surface area contributed by atoms with Crippen molar-refractivity contribution in [3.05, 3.63) is 69.8 Å². The number of hydrogen-bond acceptors (Lipinski definition) is 6. The number of thiocarbonyl (C=S) groups is 1. The summed E-state index contributed by atoms with van der Waals surface area (Å²) in [6.45, 7) is 2.00. The van der Waals surface area contributed by atoms with E-state index >= 15 is 0 Å². The maximum absolute atomic E-state index is 12.2. The monoisotopic (exact) mass is 443 g/mol. The van der Waals surface area contributed by atoms with E-state index in [1.807, 2.05) is 6.92 Å². The first-order valence-corrected chi connectivity index (χ1v) is 9.77. The van der Waals surface area contributed by atoms with Gasteiger partial charge in [0, 0.05) is 35.4 Å². The van der Waals surface area contributed by atoms with Gasteiger partial charge in [-0.1, -0.05) is 13.3 Å². The molecule has 0 saturated heterocycles. The molecule has 0 saturated carbocycles. The summed E-state index contributed by atoms with van der Waals surface area (Å²) < 4.78 is 0. The Hall–Kier alpha value is -3.86. The van der Waals surface area contributed by atoms with Crippen LogP contribution in [0.5, 0.6) is 0 Å². The molecule has 2 aromatic carbocycles. The minimum Gasteiger partial charge on any atom is -0.326 e. The summed E-state index contributed by atoms with van der Waals surface area (Å²) in [6, 6.07) is 11.2. The SMILES string of the molecule is CCCCC(=O)Nc1ccc(C(=O)NNC(=S)NC(=O)c2ccc([N+](=O)[O-])cc2)cc1. The number of hydrazine groups is 1. The molecule has 162 valence electrons. The van der Waals surface area contributed by atoms with Crippen LogP contribution in [0, 0.1) is 10.1 Å². The molecule has 0 heterocycles. The second kappa shape index (κ2) is 11.4. The molecule has 2 rings (SSSR count). The van der Waals surface area contributed by atoms with Gasteiger partial charge in [0.25, 0.3) is 17.5 Å². The Morgan fingerprint density at radius 1 is 0.935 bits per heavy atom. The summed E-state index contributed by atoms with van der Waals surface area (Å²) in [7, 11) is 0. The van der Waals surface area contributed by atoms with Crippen LogP contribution in [0.2, 0.25) is 0 Å². The molecule has 2 aromatic rings. The number of nitro groups is 1. The second-order valence-electron chi connectivity index (χ2n) is 6.40. The lowest BCUT2D eigenvalue weighted by Crippen LogP contribution is -2.48. The number of nitrogens with one attached hydrogen (secondary N) is 4. The third-order valence-electron chi connectivity index (χ3n) is 4.05. The van der Waals surface area contributed by atoms with Crippen LogP contribution >= 0.6 is 12.2 Å². The number of amides is 3. The predicted octanol–water partition coefficient (Wildman–Crippen LogP) is 2.67. The molecule has 0 aliphatic carbocycles. The minimum absolute atomic E-state index is 0.0881. The summed E-state index contributed by atoms with van der Waals surface area (Å²) in [5.41, 5.74) is 5.66. The summed E-state index contributed by atoms with van der Waals surface area (Å²) in [5, 5.41) is 15.6. The van der Waals surface area contributed by atoms with Crippen LogP contribution in [0.3, 0.4) is 0 Å². The normalized spacial score (nSPS) is 9.97. The average Bonchev–Trinajstić information content (AvgIpc) is 2.76. The molecule has 10 nitrogen and oxygen atoms in total. The van der Waals surface area contributed by atoms with Crippen molar-refractivity contribution < 1.29 is 19.3 Å². The van der Waals surface area contributed by atoms with E-state index in [0.717, 1.165) is 12.8 Å². The van der Waals surface area contributed by atoms with E-state index in [4.69, 9.17) is 12.2 Å². The maximum atomic E-state index is 12.2. The van der Waals surface area contributed by atoms with Gasteiger partial charge in [-0.05, 0) is 55.0 Å². The second-order valence-corrected chi connectivity index (χ2v) is 6.80. The lowest BCUT2D eigenvalue weighted by molar-refractivity contribution is -0.384. The molecular formula is C20H21N5O5S. The van der Waals surface area contributed by atoms with Crippen molar-refractivity contribution in [2.45, 2.75) is 26.2 Å². The Morgan fingerprint density at radius 3 is 2.10 bits per heavy atom. The van der Waals surface area contributed by atoms with Gasteiger partial charge in [-0.3, -0.25) is 40.7 Å². The number of carbonyl (C=O) groups excluding carboxylic acids is 3. The third-order valence-corrected chi connectivity index (χ3v) is 4.25. The number of nitrogens with zero attached hydrogens (tertiary/aromatic N) is 1. The molecule has 11 heteroatoms. The smallest absolute Gasteiger partial charge is 0.269 e. The van der Waals surface area contributed by atoms with Crippen molar-refractivity contribution in [1.82, 2.24) is 16.2 Å². The summed E-state index contributed by atoms with van der Waals surface area (Å²) in [6.07, 6.45) is 2.17. The molecule has 0 aliphatic heterocycles. The van der Waals surface area contributed by atoms with Crippen molar-refractivity contribution >= 4 is 46.4 Å². The number of nitro benzene ring substituents is 1. The largest absolute Gasteiger partial charge is 0.326 e. The molecule has 4 N–H and O–H groups in total. The van der Waals surface area contributed by atoms with Gasteiger partial charge in [-0.2, -0.15) is 0 Å². The number of benzene rings is 2. The Kier molecular flexibility index (Phi) is 8.58. The van der Waals surface area contributed by atoms with Crippen molar-refractivity contribution in [3.63, 3.8) is 0 Å². The average molecular weight is 443 g/mol. The maximum Gasteiger partial charge on any atom is 0.269 e. The van der Waals surface area contributed by atoms with Crippen molar-refractivity contribution in [1.29, 1.82) is 0 Å². The Balaban J connectivity index is 1.82. The standard InChI is InChI=1S/C20H21N5O5S/c1-2-3-4-17(26)21-15-9-5-14(6-10-15)19(28)23-24-20(31)22-18(27)13-7-11-16(12-8-13)25(29)30/h5-12H,2-4H2,1H3,(H,21,26)(H,23,28)(H2,22,24,27,31). The molecule has 0 aliphatic rings. The summed E-state index contributed by atoms with van der Waals surface area (Å²) >= 11 is 4.96. The zero-order valence-corrected chi connectivity index (χ0v) is 17.5. The van der Waals surface area contributed by atoms with Crippen LogP contribution in [0.1, 0.15) is 46.9 Å². The predicted molar refractivity (Wildman–Crippen MR) is 118 cm³/mol. The third kappa shape index (κ3) is 7.48. The molecule has 0 atom stereocenters. The topological polar surface area (TPSA) is 142 Å². The fraction of sp³-hybridized carbons (Fsp3) is 0.200. The van der Waals surface area contributed by atoms with Crippen molar-refractivity contribution in [3.8, 4) is 0 Å². The first-order chi connectivity index (χ1) is 14.8. The molecule has 0 spiro atoms.